The van der Waals surface area contributed by atoms with Crippen molar-refractivity contribution in [1.82, 2.24) is 4.98 Å². The van der Waals surface area contributed by atoms with Gasteiger partial charge in [0.05, 0.1) is 23.0 Å². The molecule has 5 heteroatoms. The predicted molar refractivity (Wildman–Crippen MR) is 117 cm³/mol. The Morgan fingerprint density at radius 3 is 2.74 bits per heavy atom. The van der Waals surface area contributed by atoms with Crippen LogP contribution in [-0.2, 0) is 17.8 Å². The van der Waals surface area contributed by atoms with Crippen LogP contribution in [0.3, 0.4) is 0 Å². The summed E-state index contributed by atoms with van der Waals surface area (Å²) >= 11 is 0. The summed E-state index contributed by atoms with van der Waals surface area (Å²) in [6, 6.07) is 17.6. The van der Waals surface area contributed by atoms with E-state index in [0.717, 1.165) is 52.8 Å². The van der Waals surface area contributed by atoms with Gasteiger partial charge in [0.2, 0.25) is 0 Å². The lowest BCUT2D eigenvalue weighted by atomic mass is 9.86. The normalized spacial score (nSPS) is 14.5. The highest BCUT2D eigenvalue weighted by molar-refractivity contribution is 6.06. The number of nitrogens with zero attached hydrogens (tertiary/aromatic N) is 1. The molecule has 0 amide bonds. The number of para-hydroxylation sites is 1. The molecule has 0 bridgehead atoms. The summed E-state index contributed by atoms with van der Waals surface area (Å²) in [7, 11) is 0. The number of carbonyl (C=O) groups is 1. The Bertz CT molecular complexity index is 1290. The molecule has 0 N–H and O–H groups in total. The zero-order valence-corrected chi connectivity index (χ0v) is 16.8. The van der Waals surface area contributed by atoms with Crippen molar-refractivity contribution >= 4 is 28.5 Å². The SMILES string of the molecule is O=C(OCc1ccccc1F)c1c2c(nc3ccccc13)/C(=C\c1ccco1)CCC2. The Hall–Kier alpha value is -3.73. The number of carbonyl (C=O) groups excluding carboxylic acids is 1. The van der Waals surface area contributed by atoms with Gasteiger partial charge in [0.15, 0.2) is 0 Å². The minimum absolute atomic E-state index is 0.119. The number of halogens is 1. The van der Waals surface area contributed by atoms with Crippen LogP contribution in [0.25, 0.3) is 22.6 Å². The van der Waals surface area contributed by atoms with Gasteiger partial charge in [0, 0.05) is 10.9 Å². The second-order valence-electron chi connectivity index (χ2n) is 7.54. The molecule has 0 saturated heterocycles. The fourth-order valence-electron chi connectivity index (χ4n) is 4.08. The van der Waals surface area contributed by atoms with Crippen LogP contribution in [0.4, 0.5) is 4.39 Å². The van der Waals surface area contributed by atoms with Crippen LogP contribution in [0.2, 0.25) is 0 Å². The molecule has 4 nitrogen and oxygen atoms in total. The molecule has 0 fully saturated rings. The Morgan fingerprint density at radius 2 is 1.90 bits per heavy atom. The van der Waals surface area contributed by atoms with Crippen LogP contribution in [0.1, 0.15) is 45.8 Å². The lowest BCUT2D eigenvalue weighted by molar-refractivity contribution is 0.0470. The van der Waals surface area contributed by atoms with Crippen LogP contribution in [0.5, 0.6) is 0 Å². The van der Waals surface area contributed by atoms with Crippen LogP contribution in [0.15, 0.2) is 71.3 Å². The van der Waals surface area contributed by atoms with E-state index in [4.69, 9.17) is 14.1 Å². The molecule has 1 aliphatic rings. The van der Waals surface area contributed by atoms with E-state index in [1.807, 2.05) is 42.5 Å². The summed E-state index contributed by atoms with van der Waals surface area (Å²) in [6.45, 7) is -0.119. The van der Waals surface area contributed by atoms with E-state index in [1.54, 1.807) is 24.5 Å². The summed E-state index contributed by atoms with van der Waals surface area (Å²) in [4.78, 5) is 18.1. The highest BCUT2D eigenvalue weighted by Gasteiger charge is 2.26. The summed E-state index contributed by atoms with van der Waals surface area (Å²) in [5, 5.41) is 0.749. The molecule has 154 valence electrons. The molecule has 0 saturated carbocycles. The van der Waals surface area contributed by atoms with Crippen molar-refractivity contribution in [2.75, 3.05) is 0 Å². The summed E-state index contributed by atoms with van der Waals surface area (Å²) in [6.07, 6.45) is 6.09. The maximum absolute atomic E-state index is 14.0. The smallest absolute Gasteiger partial charge is 0.339 e. The molecule has 0 unspecified atom stereocenters. The van der Waals surface area contributed by atoms with Gasteiger partial charge in [-0.15, -0.1) is 0 Å². The minimum Gasteiger partial charge on any atom is -0.465 e. The first kappa shape index (κ1) is 19.2. The van der Waals surface area contributed by atoms with E-state index >= 15 is 0 Å². The van der Waals surface area contributed by atoms with Gasteiger partial charge in [-0.25, -0.2) is 14.2 Å². The van der Waals surface area contributed by atoms with E-state index < -0.39 is 5.97 Å². The Balaban J connectivity index is 1.59. The number of hydrogen-bond donors (Lipinski definition) is 0. The molecule has 0 spiro atoms. The molecular formula is C26H20FNO3. The molecule has 0 atom stereocenters. The predicted octanol–water partition coefficient (Wildman–Crippen LogP) is 6.20. The van der Waals surface area contributed by atoms with Gasteiger partial charge < -0.3 is 9.15 Å². The van der Waals surface area contributed by atoms with E-state index in [9.17, 15) is 9.18 Å². The molecule has 4 aromatic rings. The average Bonchev–Trinajstić information content (AvgIpc) is 3.30. The van der Waals surface area contributed by atoms with Crippen molar-refractivity contribution in [2.45, 2.75) is 25.9 Å². The molecule has 31 heavy (non-hydrogen) atoms. The highest BCUT2D eigenvalue weighted by Crippen LogP contribution is 2.36. The van der Waals surface area contributed by atoms with Crippen molar-refractivity contribution in [3.8, 4) is 0 Å². The van der Waals surface area contributed by atoms with Crippen LogP contribution >= 0.6 is 0 Å². The first-order chi connectivity index (χ1) is 15.2. The van der Waals surface area contributed by atoms with E-state index in [0.29, 0.717) is 11.1 Å². The number of ether oxygens (including phenoxy) is 1. The molecule has 0 aliphatic heterocycles. The van der Waals surface area contributed by atoms with Gasteiger partial charge >= 0.3 is 5.97 Å². The second kappa shape index (κ2) is 8.19. The van der Waals surface area contributed by atoms with Gasteiger partial charge in [-0.3, -0.25) is 0 Å². The molecule has 1 aliphatic carbocycles. The number of pyridine rings is 1. The number of fused-ring (bicyclic) bond motifs is 2. The second-order valence-corrected chi connectivity index (χ2v) is 7.54. The zero-order chi connectivity index (χ0) is 21.2. The first-order valence-corrected chi connectivity index (χ1v) is 10.3. The largest absolute Gasteiger partial charge is 0.465 e. The third-order valence-electron chi connectivity index (χ3n) is 5.55. The third kappa shape index (κ3) is 3.75. The van der Waals surface area contributed by atoms with Crippen molar-refractivity contribution in [1.29, 1.82) is 0 Å². The van der Waals surface area contributed by atoms with Gasteiger partial charge in [-0.05, 0) is 60.7 Å². The van der Waals surface area contributed by atoms with Crippen molar-refractivity contribution < 1.29 is 18.3 Å². The van der Waals surface area contributed by atoms with Crippen LogP contribution in [0, 0.1) is 5.82 Å². The monoisotopic (exact) mass is 413 g/mol. The van der Waals surface area contributed by atoms with E-state index in [-0.39, 0.29) is 12.4 Å². The Morgan fingerprint density at radius 1 is 1.06 bits per heavy atom. The maximum Gasteiger partial charge on any atom is 0.339 e. The zero-order valence-electron chi connectivity index (χ0n) is 16.8. The van der Waals surface area contributed by atoms with Gasteiger partial charge in [0.1, 0.15) is 18.2 Å². The first-order valence-electron chi connectivity index (χ1n) is 10.3. The molecule has 2 aromatic carbocycles. The average molecular weight is 413 g/mol. The van der Waals surface area contributed by atoms with Crippen molar-refractivity contribution in [3.63, 3.8) is 0 Å². The van der Waals surface area contributed by atoms with Gasteiger partial charge in [0.25, 0.3) is 0 Å². The van der Waals surface area contributed by atoms with Gasteiger partial charge in [-0.1, -0.05) is 36.4 Å². The number of hydrogen-bond acceptors (Lipinski definition) is 4. The molecular weight excluding hydrogens is 393 g/mol. The molecule has 5 rings (SSSR count). The number of rotatable bonds is 4. The fourth-order valence-corrected chi connectivity index (χ4v) is 4.08. The molecule has 2 heterocycles. The van der Waals surface area contributed by atoms with Crippen LogP contribution < -0.4 is 0 Å². The van der Waals surface area contributed by atoms with Gasteiger partial charge in [-0.2, -0.15) is 0 Å². The van der Waals surface area contributed by atoms with Crippen molar-refractivity contribution in [3.05, 3.63) is 101 Å². The molecule has 2 aromatic heterocycles. The number of benzene rings is 2. The topological polar surface area (TPSA) is 52.3 Å². The van der Waals surface area contributed by atoms with Crippen LogP contribution in [-0.4, -0.2) is 11.0 Å². The van der Waals surface area contributed by atoms with E-state index in [1.165, 1.54) is 6.07 Å². The van der Waals surface area contributed by atoms with Crippen molar-refractivity contribution in [2.24, 2.45) is 0 Å². The number of furan rings is 1. The maximum atomic E-state index is 14.0. The summed E-state index contributed by atoms with van der Waals surface area (Å²) in [5.41, 5.74) is 4.31. The number of aromatic nitrogens is 1. The summed E-state index contributed by atoms with van der Waals surface area (Å²) in [5.74, 6) is -0.0978. The fraction of sp³-hybridized carbons (Fsp3) is 0.154. The quantitative estimate of drug-likeness (QED) is 0.374. The lowest BCUT2D eigenvalue weighted by Gasteiger charge is -2.22. The standard InChI is InChI=1S/C26H20FNO3/c27-22-12-3-1-7-18(22)16-31-26(29)24-20-10-2-4-13-23(20)28-25-17(8-5-11-21(24)25)15-19-9-6-14-30-19/h1-4,6-7,9-10,12-15H,5,8,11,16H2/b17-15-. The number of esters is 1. The number of allylic oxidation sites excluding steroid dienone is 1. The Labute approximate surface area is 179 Å². The lowest BCUT2D eigenvalue weighted by Crippen LogP contribution is -2.15. The summed E-state index contributed by atoms with van der Waals surface area (Å²) < 4.78 is 25.0. The minimum atomic E-state index is -0.461. The highest BCUT2D eigenvalue weighted by atomic mass is 19.1. The Kier molecular flexibility index (Phi) is 5.08. The third-order valence-corrected chi connectivity index (χ3v) is 5.55. The van der Waals surface area contributed by atoms with E-state index in [2.05, 4.69) is 0 Å². The molecule has 0 radical (unpaired) electrons.